The summed E-state index contributed by atoms with van der Waals surface area (Å²) in [6.07, 6.45) is 0. The van der Waals surface area contributed by atoms with Crippen LogP contribution < -0.4 is 5.32 Å². The zero-order valence-corrected chi connectivity index (χ0v) is 18.3. The zero-order valence-electron chi connectivity index (χ0n) is 17.5. The molecule has 31 heavy (non-hydrogen) atoms. The van der Waals surface area contributed by atoms with Crippen molar-refractivity contribution in [3.8, 4) is 0 Å². The Morgan fingerprint density at radius 1 is 0.935 bits per heavy atom. The molecule has 2 aromatic carbocycles. The van der Waals surface area contributed by atoms with E-state index in [4.69, 9.17) is 0 Å². The Kier molecular flexibility index (Phi) is 7.07. The molecule has 1 unspecified atom stereocenters. The first-order valence-electron chi connectivity index (χ1n) is 10.1. The number of hydrogen-bond donors (Lipinski definition) is 1. The molecule has 1 heterocycles. The van der Waals surface area contributed by atoms with Gasteiger partial charge in [-0.25, -0.2) is 12.8 Å². The molecule has 1 atom stereocenters. The smallest absolute Gasteiger partial charge is 0.254 e. The summed E-state index contributed by atoms with van der Waals surface area (Å²) < 4.78 is 40.8. The van der Waals surface area contributed by atoms with Crippen LogP contribution in [-0.4, -0.2) is 61.7 Å². The van der Waals surface area contributed by atoms with Crippen molar-refractivity contribution in [2.75, 3.05) is 26.2 Å². The molecule has 1 fully saturated rings. The van der Waals surface area contributed by atoms with Gasteiger partial charge in [0.15, 0.2) is 0 Å². The molecule has 1 saturated heterocycles. The van der Waals surface area contributed by atoms with Crippen molar-refractivity contribution < 1.29 is 22.4 Å². The number of piperazine rings is 1. The van der Waals surface area contributed by atoms with Gasteiger partial charge in [0.05, 0.1) is 10.5 Å². The van der Waals surface area contributed by atoms with Gasteiger partial charge in [0.25, 0.3) is 5.91 Å². The van der Waals surface area contributed by atoms with Gasteiger partial charge in [0.1, 0.15) is 11.9 Å². The fraction of sp³-hybridized carbons (Fsp3) is 0.364. The first-order chi connectivity index (χ1) is 14.7. The highest BCUT2D eigenvalue weighted by atomic mass is 32.2. The number of nitrogens with zero attached hydrogens (tertiary/aromatic N) is 2. The average molecular weight is 448 g/mol. The fourth-order valence-electron chi connectivity index (χ4n) is 3.46. The zero-order chi connectivity index (χ0) is 22.6. The van der Waals surface area contributed by atoms with E-state index in [2.05, 4.69) is 5.32 Å². The Morgan fingerprint density at radius 2 is 1.52 bits per heavy atom. The van der Waals surface area contributed by atoms with Crippen LogP contribution in [-0.2, 0) is 14.8 Å². The quantitative estimate of drug-likeness (QED) is 0.735. The summed E-state index contributed by atoms with van der Waals surface area (Å²) in [7, 11) is -3.62. The number of carbonyl (C=O) groups is 2. The molecule has 0 bridgehead atoms. The highest BCUT2D eigenvalue weighted by molar-refractivity contribution is 7.89. The summed E-state index contributed by atoms with van der Waals surface area (Å²) in [5.41, 5.74) is -0.125. The highest BCUT2D eigenvalue weighted by Crippen LogP contribution is 2.18. The number of halogens is 1. The lowest BCUT2D eigenvalue weighted by Crippen LogP contribution is -2.57. The van der Waals surface area contributed by atoms with Gasteiger partial charge in [-0.05, 0) is 30.2 Å². The molecule has 1 aliphatic rings. The average Bonchev–Trinajstić information content (AvgIpc) is 2.77. The number of nitrogens with one attached hydrogen (secondary N) is 1. The van der Waals surface area contributed by atoms with Crippen molar-refractivity contribution >= 4 is 21.8 Å². The molecule has 0 aliphatic carbocycles. The maximum absolute atomic E-state index is 13.9. The van der Waals surface area contributed by atoms with Crippen molar-refractivity contribution in [3.05, 3.63) is 66.0 Å². The Labute approximate surface area is 181 Å². The molecular weight excluding hydrogens is 421 g/mol. The summed E-state index contributed by atoms with van der Waals surface area (Å²) in [6, 6.07) is 12.9. The van der Waals surface area contributed by atoms with Gasteiger partial charge >= 0.3 is 0 Å². The van der Waals surface area contributed by atoms with Gasteiger partial charge in [0.2, 0.25) is 15.9 Å². The predicted molar refractivity (Wildman–Crippen MR) is 114 cm³/mol. The van der Waals surface area contributed by atoms with Crippen molar-refractivity contribution in [1.29, 1.82) is 0 Å². The van der Waals surface area contributed by atoms with Crippen molar-refractivity contribution in [2.24, 2.45) is 5.92 Å². The van der Waals surface area contributed by atoms with E-state index in [1.807, 2.05) is 0 Å². The van der Waals surface area contributed by atoms with E-state index in [1.165, 1.54) is 22.5 Å². The molecule has 166 valence electrons. The van der Waals surface area contributed by atoms with E-state index in [0.717, 1.165) is 0 Å². The second kappa shape index (κ2) is 9.57. The van der Waals surface area contributed by atoms with Gasteiger partial charge in [0, 0.05) is 26.2 Å². The topological polar surface area (TPSA) is 86.8 Å². The maximum atomic E-state index is 13.9. The molecule has 1 N–H and O–H groups in total. The van der Waals surface area contributed by atoms with Gasteiger partial charge in [-0.3, -0.25) is 9.59 Å². The molecule has 0 aromatic heterocycles. The number of amides is 2. The Bertz CT molecular complexity index is 1040. The lowest BCUT2D eigenvalue weighted by Gasteiger charge is -2.36. The van der Waals surface area contributed by atoms with E-state index < -0.39 is 27.8 Å². The molecule has 7 nitrogen and oxygen atoms in total. The van der Waals surface area contributed by atoms with Crippen LogP contribution in [0.3, 0.4) is 0 Å². The second-order valence-corrected chi connectivity index (χ2v) is 9.66. The van der Waals surface area contributed by atoms with Crippen molar-refractivity contribution in [1.82, 2.24) is 14.5 Å². The number of rotatable bonds is 6. The minimum absolute atomic E-state index is 0.125. The summed E-state index contributed by atoms with van der Waals surface area (Å²) in [4.78, 5) is 27.3. The van der Waals surface area contributed by atoms with Gasteiger partial charge in [-0.1, -0.05) is 44.2 Å². The molecule has 0 saturated carbocycles. The van der Waals surface area contributed by atoms with Crippen LogP contribution in [0.4, 0.5) is 4.39 Å². The molecule has 0 radical (unpaired) electrons. The van der Waals surface area contributed by atoms with E-state index in [0.29, 0.717) is 0 Å². The van der Waals surface area contributed by atoms with E-state index in [9.17, 15) is 22.4 Å². The number of benzene rings is 2. The first-order valence-corrected chi connectivity index (χ1v) is 11.5. The van der Waals surface area contributed by atoms with Gasteiger partial charge < -0.3 is 10.2 Å². The highest BCUT2D eigenvalue weighted by Gasteiger charge is 2.34. The molecule has 1 aliphatic heterocycles. The minimum atomic E-state index is -3.62. The van der Waals surface area contributed by atoms with Gasteiger partial charge in [-0.15, -0.1) is 0 Å². The van der Waals surface area contributed by atoms with Crippen LogP contribution in [0.15, 0.2) is 59.5 Å². The van der Waals surface area contributed by atoms with Crippen LogP contribution in [0.2, 0.25) is 0 Å². The summed E-state index contributed by atoms with van der Waals surface area (Å²) in [5.74, 6) is -1.85. The predicted octanol–water partition coefficient (Wildman–Crippen LogP) is 2.11. The molecule has 2 amide bonds. The maximum Gasteiger partial charge on any atom is 0.254 e. The minimum Gasteiger partial charge on any atom is -0.340 e. The Hall–Kier alpha value is -2.78. The normalized spacial score (nSPS) is 16.2. The lowest BCUT2D eigenvalue weighted by atomic mass is 10.0. The van der Waals surface area contributed by atoms with E-state index >= 15 is 0 Å². The summed E-state index contributed by atoms with van der Waals surface area (Å²) in [6.45, 7) is 4.33. The third-order valence-electron chi connectivity index (χ3n) is 5.27. The SMILES string of the molecule is CC(C)C(NC(=O)c1ccccc1F)C(=O)N1CCN(S(=O)(=O)c2ccccc2)CC1. The largest absolute Gasteiger partial charge is 0.340 e. The number of hydrogen-bond acceptors (Lipinski definition) is 4. The standard InChI is InChI=1S/C22H26FN3O4S/c1-16(2)20(24-21(27)18-10-6-7-11-19(18)23)22(28)25-12-14-26(15-13-25)31(29,30)17-8-4-3-5-9-17/h3-11,16,20H,12-15H2,1-2H3,(H,24,27). The molecule has 3 rings (SSSR count). The third kappa shape index (κ3) is 5.11. The Balaban J connectivity index is 1.66. The molecule has 9 heteroatoms. The van der Waals surface area contributed by atoms with Gasteiger partial charge in [-0.2, -0.15) is 4.31 Å². The van der Waals surface area contributed by atoms with E-state index in [-0.39, 0.29) is 48.5 Å². The van der Waals surface area contributed by atoms with Crippen LogP contribution in [0.5, 0.6) is 0 Å². The third-order valence-corrected chi connectivity index (χ3v) is 7.18. The molecule has 2 aromatic rings. The number of carbonyl (C=O) groups excluding carboxylic acids is 2. The first kappa shape index (κ1) is 22.9. The van der Waals surface area contributed by atoms with Crippen molar-refractivity contribution in [2.45, 2.75) is 24.8 Å². The monoisotopic (exact) mass is 447 g/mol. The van der Waals surface area contributed by atoms with Crippen LogP contribution in [0, 0.1) is 11.7 Å². The Morgan fingerprint density at radius 3 is 2.10 bits per heavy atom. The summed E-state index contributed by atoms with van der Waals surface area (Å²) >= 11 is 0. The molecule has 0 spiro atoms. The van der Waals surface area contributed by atoms with Crippen molar-refractivity contribution in [3.63, 3.8) is 0 Å². The van der Waals surface area contributed by atoms with Crippen LogP contribution in [0.1, 0.15) is 24.2 Å². The number of sulfonamides is 1. The van der Waals surface area contributed by atoms with Crippen LogP contribution in [0.25, 0.3) is 0 Å². The van der Waals surface area contributed by atoms with Crippen LogP contribution >= 0.6 is 0 Å². The summed E-state index contributed by atoms with van der Waals surface area (Å²) in [5, 5.41) is 2.64. The van der Waals surface area contributed by atoms with E-state index in [1.54, 1.807) is 55.1 Å². The fourth-order valence-corrected chi connectivity index (χ4v) is 4.91. The lowest BCUT2D eigenvalue weighted by molar-refractivity contribution is -0.135. The molecular formula is C22H26FN3O4S. The second-order valence-electron chi connectivity index (χ2n) is 7.72.